The van der Waals surface area contributed by atoms with E-state index in [1.165, 1.54) is 10.4 Å². The van der Waals surface area contributed by atoms with Crippen molar-refractivity contribution in [2.24, 2.45) is 0 Å². The summed E-state index contributed by atoms with van der Waals surface area (Å²) in [4.78, 5) is 14.7. The van der Waals surface area contributed by atoms with Crippen molar-refractivity contribution in [3.8, 4) is 0 Å². The molecule has 0 saturated carbocycles. The number of anilines is 1. The van der Waals surface area contributed by atoms with E-state index in [2.05, 4.69) is 130 Å². The van der Waals surface area contributed by atoms with Crippen LogP contribution in [0.1, 0.15) is 33.6 Å². The molecule has 2 aromatic heterocycles. The summed E-state index contributed by atoms with van der Waals surface area (Å²) in [5, 5.41) is 3.78. The van der Waals surface area contributed by atoms with Gasteiger partial charge in [-0.25, -0.2) is 9.97 Å². The lowest BCUT2D eigenvalue weighted by molar-refractivity contribution is 0.158. The van der Waals surface area contributed by atoms with Gasteiger partial charge in [0, 0.05) is 19.2 Å². The lowest BCUT2D eigenvalue weighted by atomic mass is 10.1. The molecule has 1 aliphatic rings. The smallest absolute Gasteiger partial charge is 0.261 e. The lowest BCUT2D eigenvalue weighted by Crippen LogP contribution is -2.68. The molecule has 0 spiro atoms. The van der Waals surface area contributed by atoms with Crippen LogP contribution in [0, 0.1) is 3.70 Å². The first-order valence-corrected chi connectivity index (χ1v) is 14.9. The number of aromatic amines is 1. The summed E-state index contributed by atoms with van der Waals surface area (Å²) < 4.78 is 8.45. The van der Waals surface area contributed by atoms with E-state index in [4.69, 9.17) is 4.43 Å². The van der Waals surface area contributed by atoms with Crippen molar-refractivity contribution in [3.63, 3.8) is 0 Å². The highest BCUT2D eigenvalue weighted by molar-refractivity contribution is 14.1. The average Bonchev–Trinajstić information content (AvgIpc) is 3.23. The third-order valence-corrected chi connectivity index (χ3v) is 12.5. The molecule has 2 aromatic carbocycles. The minimum Gasteiger partial charge on any atom is -0.404 e. The third kappa shape index (κ3) is 4.29. The molecule has 1 fully saturated rings. The topological polar surface area (TPSA) is 54.0 Å². The van der Waals surface area contributed by atoms with Gasteiger partial charge in [0.05, 0.1) is 9.09 Å². The maximum Gasteiger partial charge on any atom is 0.261 e. The van der Waals surface area contributed by atoms with Crippen molar-refractivity contribution >= 4 is 58.1 Å². The van der Waals surface area contributed by atoms with E-state index in [1.54, 1.807) is 6.33 Å². The number of hydrogen-bond acceptors (Lipinski definition) is 4. The van der Waals surface area contributed by atoms with Gasteiger partial charge in [-0.2, -0.15) is 0 Å². The van der Waals surface area contributed by atoms with Gasteiger partial charge < -0.3 is 14.3 Å². The van der Waals surface area contributed by atoms with Gasteiger partial charge in [-0.15, -0.1) is 0 Å². The number of benzene rings is 2. The quantitative estimate of drug-likeness (QED) is 0.263. The third-order valence-electron chi connectivity index (χ3n) is 6.87. The molecule has 34 heavy (non-hydrogen) atoms. The molecule has 0 aliphatic carbocycles. The fourth-order valence-corrected chi connectivity index (χ4v) is 10.6. The molecule has 0 bridgehead atoms. The van der Waals surface area contributed by atoms with Crippen LogP contribution in [-0.4, -0.2) is 42.5 Å². The highest BCUT2D eigenvalue weighted by atomic mass is 127. The Morgan fingerprint density at radius 2 is 1.53 bits per heavy atom. The van der Waals surface area contributed by atoms with E-state index >= 15 is 0 Å². The molecule has 5 rings (SSSR count). The number of fused-ring (bicyclic) bond motifs is 1. The van der Waals surface area contributed by atoms with Crippen LogP contribution in [0.5, 0.6) is 0 Å². The van der Waals surface area contributed by atoms with Crippen molar-refractivity contribution in [1.82, 2.24) is 15.0 Å². The predicted molar refractivity (Wildman–Crippen MR) is 151 cm³/mol. The first kappa shape index (κ1) is 23.5. The Bertz CT molecular complexity index is 1210. The molecule has 176 valence electrons. The Morgan fingerprint density at radius 3 is 2.09 bits per heavy atom. The number of halogens is 1. The zero-order valence-corrected chi connectivity index (χ0v) is 23.1. The van der Waals surface area contributed by atoms with E-state index in [-0.39, 0.29) is 11.1 Å². The second kappa shape index (κ2) is 9.43. The SMILES string of the molecule is CC(C)(C)[Si](OC1CCN(c2ncnc3[nH]c(I)cc23)CC1)(c1ccccc1)c1ccccc1. The van der Waals surface area contributed by atoms with E-state index in [0.717, 1.165) is 46.5 Å². The van der Waals surface area contributed by atoms with E-state index in [9.17, 15) is 0 Å². The summed E-state index contributed by atoms with van der Waals surface area (Å²) in [7, 11) is -2.53. The van der Waals surface area contributed by atoms with Gasteiger partial charge in [0.2, 0.25) is 0 Å². The Labute approximate surface area is 216 Å². The normalized spacial score (nSPS) is 15.7. The van der Waals surface area contributed by atoms with Gasteiger partial charge >= 0.3 is 0 Å². The zero-order valence-electron chi connectivity index (χ0n) is 20.0. The van der Waals surface area contributed by atoms with E-state index < -0.39 is 8.32 Å². The highest BCUT2D eigenvalue weighted by Crippen LogP contribution is 2.39. The number of aromatic nitrogens is 3. The number of nitrogens with one attached hydrogen (secondary N) is 1. The summed E-state index contributed by atoms with van der Waals surface area (Å²) in [6.07, 6.45) is 3.84. The molecular formula is C27H31IN4OSi. The summed E-state index contributed by atoms with van der Waals surface area (Å²) in [6, 6.07) is 24.0. The standard InChI is InChI=1S/C27H31IN4OSi/c1-27(2,3)34(21-10-6-4-7-11-21,22-12-8-5-9-13-22)33-20-14-16-32(17-15-20)26-23-18-24(28)31-25(23)29-19-30-26/h4-13,18-20H,14-17H2,1-3H3,(H,29,30,31). The van der Waals surface area contributed by atoms with Crippen LogP contribution in [0.2, 0.25) is 5.04 Å². The van der Waals surface area contributed by atoms with Gasteiger partial charge in [-0.05, 0) is 56.9 Å². The van der Waals surface area contributed by atoms with E-state index in [0.29, 0.717) is 0 Å². The first-order valence-electron chi connectivity index (χ1n) is 11.9. The number of hydrogen-bond donors (Lipinski definition) is 1. The van der Waals surface area contributed by atoms with Gasteiger partial charge in [-0.3, -0.25) is 0 Å². The molecule has 4 aromatic rings. The monoisotopic (exact) mass is 582 g/mol. The van der Waals surface area contributed by atoms with Gasteiger partial charge in [-0.1, -0.05) is 81.4 Å². The minimum absolute atomic E-state index is 0.00648. The van der Waals surface area contributed by atoms with Crippen LogP contribution in [0.25, 0.3) is 11.0 Å². The Hall–Kier alpha value is -2.23. The Kier molecular flexibility index (Phi) is 6.52. The molecule has 1 saturated heterocycles. The van der Waals surface area contributed by atoms with Crippen molar-refractivity contribution in [1.29, 1.82) is 0 Å². The van der Waals surface area contributed by atoms with Gasteiger partial charge in [0.1, 0.15) is 17.8 Å². The van der Waals surface area contributed by atoms with Gasteiger partial charge in [0.25, 0.3) is 8.32 Å². The molecule has 1 aliphatic heterocycles. The molecule has 1 N–H and O–H groups in total. The fraction of sp³-hybridized carbons (Fsp3) is 0.333. The van der Waals surface area contributed by atoms with Crippen LogP contribution in [0.4, 0.5) is 5.82 Å². The summed E-state index contributed by atoms with van der Waals surface area (Å²) in [5.74, 6) is 1.02. The molecule has 3 heterocycles. The number of piperidine rings is 1. The van der Waals surface area contributed by atoms with Crippen LogP contribution >= 0.6 is 22.6 Å². The summed E-state index contributed by atoms with van der Waals surface area (Å²) in [5.41, 5.74) is 0.903. The first-order chi connectivity index (χ1) is 16.4. The fourth-order valence-electron chi connectivity index (χ4n) is 5.27. The number of H-pyrrole nitrogens is 1. The lowest BCUT2D eigenvalue weighted by Gasteiger charge is -2.46. The molecule has 0 amide bonds. The van der Waals surface area contributed by atoms with Crippen molar-refractivity contribution in [2.75, 3.05) is 18.0 Å². The molecule has 0 atom stereocenters. The predicted octanol–water partition coefficient (Wildman–Crippen LogP) is 5.11. The molecule has 5 nitrogen and oxygen atoms in total. The van der Waals surface area contributed by atoms with Crippen molar-refractivity contribution < 1.29 is 4.43 Å². The van der Waals surface area contributed by atoms with Crippen molar-refractivity contribution in [2.45, 2.75) is 44.8 Å². The van der Waals surface area contributed by atoms with E-state index in [1.807, 2.05) is 0 Å². The Morgan fingerprint density at radius 1 is 0.941 bits per heavy atom. The number of rotatable bonds is 5. The minimum atomic E-state index is -2.53. The maximum atomic E-state index is 7.36. The number of nitrogens with zero attached hydrogens (tertiary/aromatic N) is 3. The highest BCUT2D eigenvalue weighted by Gasteiger charge is 2.51. The van der Waals surface area contributed by atoms with Crippen LogP contribution in [-0.2, 0) is 4.43 Å². The van der Waals surface area contributed by atoms with Crippen LogP contribution in [0.3, 0.4) is 0 Å². The largest absolute Gasteiger partial charge is 0.404 e. The summed E-state index contributed by atoms with van der Waals surface area (Å²) >= 11 is 2.30. The Balaban J connectivity index is 1.44. The van der Waals surface area contributed by atoms with Gasteiger partial charge in [0.15, 0.2) is 0 Å². The second-order valence-corrected chi connectivity index (χ2v) is 15.5. The molecular weight excluding hydrogens is 551 g/mol. The molecule has 0 radical (unpaired) electrons. The zero-order chi connectivity index (χ0) is 23.8. The molecule has 0 unspecified atom stereocenters. The van der Waals surface area contributed by atoms with Crippen LogP contribution in [0.15, 0.2) is 73.1 Å². The second-order valence-electron chi connectivity index (χ2n) is 10.0. The van der Waals surface area contributed by atoms with Crippen molar-refractivity contribution in [3.05, 3.63) is 76.8 Å². The van der Waals surface area contributed by atoms with Crippen LogP contribution < -0.4 is 15.3 Å². The molecule has 7 heteroatoms. The summed E-state index contributed by atoms with van der Waals surface area (Å²) in [6.45, 7) is 8.89. The average molecular weight is 583 g/mol. The maximum absolute atomic E-state index is 7.36.